The highest BCUT2D eigenvalue weighted by atomic mass is 35.5. The molecule has 2 N–H and O–H groups in total. The predicted molar refractivity (Wildman–Crippen MR) is 64.0 cm³/mol. The van der Waals surface area contributed by atoms with E-state index in [1.54, 1.807) is 7.05 Å². The Morgan fingerprint density at radius 2 is 1.83 bits per heavy atom. The Morgan fingerprint density at radius 3 is 2.56 bits per heavy atom. The van der Waals surface area contributed by atoms with Gasteiger partial charge >= 0.3 is 0 Å². The summed E-state index contributed by atoms with van der Waals surface area (Å²) in [5, 5.41) is 5.13. The monoisotopic (exact) mass is 271 g/mol. The molecule has 1 heterocycles. The summed E-state index contributed by atoms with van der Waals surface area (Å²) in [5.41, 5.74) is -0.0840. The van der Waals surface area contributed by atoms with Crippen LogP contribution >= 0.6 is 11.6 Å². The first-order valence-electron chi connectivity index (χ1n) is 4.90. The second-order valence-electron chi connectivity index (χ2n) is 3.25. The van der Waals surface area contributed by atoms with Gasteiger partial charge in [-0.25, -0.2) is 8.78 Å². The number of rotatable bonds is 3. The first kappa shape index (κ1) is 12.4. The summed E-state index contributed by atoms with van der Waals surface area (Å²) in [6.07, 6.45) is 0. The summed E-state index contributed by atoms with van der Waals surface area (Å²) in [7, 11) is 1.60. The average molecular weight is 272 g/mol. The molecule has 0 saturated heterocycles. The Hall–Kier alpha value is -2.02. The van der Waals surface area contributed by atoms with E-state index < -0.39 is 11.6 Å². The minimum Gasteiger partial charge on any atom is -0.357 e. The lowest BCUT2D eigenvalue weighted by atomic mass is 10.3. The van der Waals surface area contributed by atoms with Gasteiger partial charge in [0.25, 0.3) is 0 Å². The Morgan fingerprint density at radius 1 is 1.11 bits per heavy atom. The number of anilines is 3. The summed E-state index contributed by atoms with van der Waals surface area (Å²) >= 11 is 5.66. The summed E-state index contributed by atoms with van der Waals surface area (Å²) < 4.78 is 26.4. The van der Waals surface area contributed by atoms with Crippen LogP contribution in [0.1, 0.15) is 0 Å². The van der Waals surface area contributed by atoms with Crippen molar-refractivity contribution in [2.45, 2.75) is 0 Å². The van der Waals surface area contributed by atoms with Gasteiger partial charge in [-0.2, -0.15) is 15.0 Å². The van der Waals surface area contributed by atoms with Gasteiger partial charge in [0.15, 0.2) is 0 Å². The molecule has 0 atom stereocenters. The van der Waals surface area contributed by atoms with Gasteiger partial charge in [-0.1, -0.05) is 0 Å². The molecule has 94 valence electrons. The van der Waals surface area contributed by atoms with Crippen LogP contribution in [0.4, 0.5) is 26.4 Å². The van der Waals surface area contributed by atoms with E-state index in [0.717, 1.165) is 18.2 Å². The van der Waals surface area contributed by atoms with Crippen molar-refractivity contribution in [3.63, 3.8) is 0 Å². The minimum atomic E-state index is -0.626. The molecule has 0 amide bonds. The van der Waals surface area contributed by atoms with Gasteiger partial charge in [0, 0.05) is 13.1 Å². The number of hydrogen-bond acceptors (Lipinski definition) is 5. The molecule has 0 spiro atoms. The smallest absolute Gasteiger partial charge is 0.233 e. The second kappa shape index (κ2) is 5.09. The van der Waals surface area contributed by atoms with Crippen molar-refractivity contribution >= 4 is 29.2 Å². The van der Waals surface area contributed by atoms with Crippen molar-refractivity contribution in [2.24, 2.45) is 0 Å². The average Bonchev–Trinajstić information content (AvgIpc) is 2.33. The van der Waals surface area contributed by atoms with Crippen molar-refractivity contribution in [3.05, 3.63) is 35.1 Å². The third kappa shape index (κ3) is 2.80. The van der Waals surface area contributed by atoms with Crippen LogP contribution in [0.3, 0.4) is 0 Å². The van der Waals surface area contributed by atoms with E-state index in [0.29, 0.717) is 0 Å². The van der Waals surface area contributed by atoms with Crippen LogP contribution in [0.25, 0.3) is 0 Å². The van der Waals surface area contributed by atoms with Crippen LogP contribution in [-0.4, -0.2) is 22.0 Å². The first-order valence-corrected chi connectivity index (χ1v) is 5.27. The Bertz CT molecular complexity index is 578. The van der Waals surface area contributed by atoms with Gasteiger partial charge in [-0.3, -0.25) is 0 Å². The minimum absolute atomic E-state index is 0.0175. The lowest BCUT2D eigenvalue weighted by Crippen LogP contribution is -2.04. The summed E-state index contributed by atoms with van der Waals surface area (Å²) in [6.45, 7) is 0. The highest BCUT2D eigenvalue weighted by Crippen LogP contribution is 2.19. The van der Waals surface area contributed by atoms with Crippen LogP contribution in [0.15, 0.2) is 18.2 Å². The van der Waals surface area contributed by atoms with Gasteiger partial charge in [0.05, 0.1) is 5.69 Å². The van der Waals surface area contributed by atoms with E-state index >= 15 is 0 Å². The van der Waals surface area contributed by atoms with E-state index in [2.05, 4.69) is 25.6 Å². The Labute approximate surface area is 106 Å². The second-order valence-corrected chi connectivity index (χ2v) is 3.59. The van der Waals surface area contributed by atoms with Crippen LogP contribution in [0, 0.1) is 11.6 Å². The number of nitrogens with zero attached hydrogens (tertiary/aromatic N) is 3. The predicted octanol–water partition coefficient (Wildman–Crippen LogP) is 2.59. The zero-order chi connectivity index (χ0) is 13.1. The molecule has 1 aromatic carbocycles. The SMILES string of the molecule is CNc1nc(Cl)nc(Nc2cc(F)ccc2F)n1. The molecule has 1 aromatic heterocycles. The molecule has 18 heavy (non-hydrogen) atoms. The van der Waals surface area contributed by atoms with Crippen LogP contribution in [0.5, 0.6) is 0 Å². The molecular weight excluding hydrogens is 264 g/mol. The maximum absolute atomic E-state index is 13.4. The van der Waals surface area contributed by atoms with Crippen molar-refractivity contribution in [1.82, 2.24) is 15.0 Å². The third-order valence-electron chi connectivity index (χ3n) is 2.01. The molecule has 2 aromatic rings. The Kier molecular flexibility index (Phi) is 3.52. The fourth-order valence-corrected chi connectivity index (χ4v) is 1.39. The quantitative estimate of drug-likeness (QED) is 0.898. The van der Waals surface area contributed by atoms with E-state index in [1.165, 1.54) is 0 Å². The van der Waals surface area contributed by atoms with Gasteiger partial charge in [0.1, 0.15) is 11.6 Å². The lowest BCUT2D eigenvalue weighted by Gasteiger charge is -2.07. The highest BCUT2D eigenvalue weighted by Gasteiger charge is 2.08. The number of hydrogen-bond donors (Lipinski definition) is 2. The molecule has 0 fully saturated rings. The van der Waals surface area contributed by atoms with Crippen molar-refractivity contribution < 1.29 is 8.78 Å². The van der Waals surface area contributed by atoms with E-state index in [1.807, 2.05) is 0 Å². The van der Waals surface area contributed by atoms with E-state index in [-0.39, 0.29) is 22.9 Å². The van der Waals surface area contributed by atoms with Gasteiger partial charge < -0.3 is 10.6 Å². The fraction of sp³-hybridized carbons (Fsp3) is 0.100. The van der Waals surface area contributed by atoms with Crippen molar-refractivity contribution in [2.75, 3.05) is 17.7 Å². The highest BCUT2D eigenvalue weighted by molar-refractivity contribution is 6.28. The summed E-state index contributed by atoms with van der Waals surface area (Å²) in [6, 6.07) is 3.01. The van der Waals surface area contributed by atoms with Gasteiger partial charge in [-0.15, -0.1) is 0 Å². The molecule has 5 nitrogen and oxygen atoms in total. The van der Waals surface area contributed by atoms with Gasteiger partial charge in [0.2, 0.25) is 17.2 Å². The topological polar surface area (TPSA) is 62.7 Å². The fourth-order valence-electron chi connectivity index (χ4n) is 1.23. The number of benzene rings is 1. The Balaban J connectivity index is 2.33. The first-order chi connectivity index (χ1) is 8.58. The van der Waals surface area contributed by atoms with E-state index in [4.69, 9.17) is 11.6 Å². The third-order valence-corrected chi connectivity index (χ3v) is 2.18. The number of nitrogens with one attached hydrogen (secondary N) is 2. The summed E-state index contributed by atoms with van der Waals surface area (Å²) in [5.74, 6) is -0.968. The zero-order valence-corrected chi connectivity index (χ0v) is 9.96. The van der Waals surface area contributed by atoms with Crippen LogP contribution < -0.4 is 10.6 Å². The largest absolute Gasteiger partial charge is 0.357 e. The molecule has 0 unspecified atom stereocenters. The normalized spacial score (nSPS) is 10.2. The molecular formula is C10H8ClF2N5. The van der Waals surface area contributed by atoms with Crippen LogP contribution in [-0.2, 0) is 0 Å². The maximum Gasteiger partial charge on any atom is 0.233 e. The van der Waals surface area contributed by atoms with Crippen LogP contribution in [0.2, 0.25) is 5.28 Å². The maximum atomic E-state index is 13.4. The van der Waals surface area contributed by atoms with E-state index in [9.17, 15) is 8.78 Å². The van der Waals surface area contributed by atoms with Crippen molar-refractivity contribution in [1.29, 1.82) is 0 Å². The summed E-state index contributed by atoms with van der Waals surface area (Å²) in [4.78, 5) is 11.4. The molecule has 0 aliphatic carbocycles. The zero-order valence-electron chi connectivity index (χ0n) is 9.21. The standard InChI is InChI=1S/C10H8ClF2N5/c1-14-9-16-8(11)17-10(18-9)15-7-4-5(12)2-3-6(7)13/h2-4H,1H3,(H2,14,15,16,17,18). The molecule has 0 saturated carbocycles. The molecule has 0 bridgehead atoms. The lowest BCUT2D eigenvalue weighted by molar-refractivity contribution is 0.603. The molecule has 0 aliphatic rings. The number of halogens is 3. The molecule has 0 aliphatic heterocycles. The van der Waals surface area contributed by atoms with Crippen molar-refractivity contribution in [3.8, 4) is 0 Å². The number of aromatic nitrogens is 3. The van der Waals surface area contributed by atoms with Gasteiger partial charge in [-0.05, 0) is 23.7 Å². The molecule has 8 heteroatoms. The molecule has 0 radical (unpaired) electrons. The molecule has 2 rings (SSSR count).